The Hall–Kier alpha value is -2.04. The fourth-order valence-electron chi connectivity index (χ4n) is 2.86. The number of hydrogen-bond donors (Lipinski definition) is 3. The molecule has 10 nitrogen and oxygen atoms in total. The Balaban J connectivity index is 2.88. The molecule has 1 fully saturated rings. The predicted molar refractivity (Wildman–Crippen MR) is 86.4 cm³/mol. The highest BCUT2D eigenvalue weighted by Crippen LogP contribution is 2.10. The first-order valence-electron chi connectivity index (χ1n) is 8.12. The number of rotatable bonds is 9. The van der Waals surface area contributed by atoms with E-state index < -0.39 is 23.9 Å². The first-order chi connectivity index (χ1) is 11.8. The van der Waals surface area contributed by atoms with E-state index in [9.17, 15) is 24.3 Å². The minimum Gasteiger partial charge on any atom is -0.480 e. The Morgan fingerprint density at radius 1 is 0.840 bits per heavy atom. The van der Waals surface area contributed by atoms with Gasteiger partial charge in [-0.05, 0) is 6.42 Å². The average molecular weight is 359 g/mol. The number of aldehydes is 1. The van der Waals surface area contributed by atoms with Crippen molar-refractivity contribution in [3.8, 4) is 0 Å². The van der Waals surface area contributed by atoms with Crippen LogP contribution in [0.4, 0.5) is 0 Å². The summed E-state index contributed by atoms with van der Waals surface area (Å²) in [6, 6.07) is -0.860. The fraction of sp³-hybridized carbons (Fsp3) is 0.733. The Morgan fingerprint density at radius 3 is 1.64 bits per heavy atom. The molecule has 0 aromatic rings. The first-order valence-corrected chi connectivity index (χ1v) is 8.12. The molecular formula is C15H25N3O7. The van der Waals surface area contributed by atoms with Crippen molar-refractivity contribution in [3.05, 3.63) is 0 Å². The lowest BCUT2D eigenvalue weighted by Crippen LogP contribution is -2.47. The van der Waals surface area contributed by atoms with E-state index in [0.717, 1.165) is 0 Å². The molecule has 142 valence electrons. The van der Waals surface area contributed by atoms with Crippen molar-refractivity contribution in [1.29, 1.82) is 0 Å². The fourth-order valence-corrected chi connectivity index (χ4v) is 2.86. The average Bonchev–Trinajstić information content (AvgIpc) is 2.59. The van der Waals surface area contributed by atoms with Crippen LogP contribution in [0.25, 0.3) is 0 Å². The Morgan fingerprint density at radius 2 is 1.28 bits per heavy atom. The van der Waals surface area contributed by atoms with Crippen LogP contribution in [0, 0.1) is 0 Å². The minimum atomic E-state index is -1.05. The Labute approximate surface area is 145 Å². The van der Waals surface area contributed by atoms with E-state index in [1.165, 1.54) is 0 Å². The summed E-state index contributed by atoms with van der Waals surface area (Å²) in [4.78, 5) is 49.1. The van der Waals surface area contributed by atoms with Crippen LogP contribution < -0.4 is 0 Å². The maximum Gasteiger partial charge on any atom is 0.320 e. The molecule has 25 heavy (non-hydrogen) atoms. The number of nitrogens with zero attached hydrogens (tertiary/aromatic N) is 3. The second-order valence-electron chi connectivity index (χ2n) is 5.97. The Bertz CT molecular complexity index is 458. The molecule has 3 N–H and O–H groups in total. The second kappa shape index (κ2) is 10.7. The lowest BCUT2D eigenvalue weighted by atomic mass is 10.1. The van der Waals surface area contributed by atoms with Crippen molar-refractivity contribution in [2.75, 3.05) is 52.4 Å². The number of hydrogen-bond acceptors (Lipinski definition) is 7. The van der Waals surface area contributed by atoms with Gasteiger partial charge >= 0.3 is 17.9 Å². The van der Waals surface area contributed by atoms with Crippen molar-refractivity contribution >= 4 is 24.2 Å². The van der Waals surface area contributed by atoms with E-state index in [1.54, 1.807) is 14.7 Å². The zero-order chi connectivity index (χ0) is 18.8. The van der Waals surface area contributed by atoms with E-state index in [2.05, 4.69) is 0 Å². The van der Waals surface area contributed by atoms with Crippen LogP contribution >= 0.6 is 0 Å². The normalized spacial score (nSPS) is 19.4. The number of carboxylic acids is 3. The van der Waals surface area contributed by atoms with Crippen molar-refractivity contribution in [3.63, 3.8) is 0 Å². The quantitative estimate of drug-likeness (QED) is 0.417. The van der Waals surface area contributed by atoms with Crippen molar-refractivity contribution in [2.45, 2.75) is 18.9 Å². The molecule has 0 saturated carbocycles. The summed E-state index contributed by atoms with van der Waals surface area (Å²) in [7, 11) is 0. The zero-order valence-corrected chi connectivity index (χ0v) is 14.0. The topological polar surface area (TPSA) is 139 Å². The summed E-state index contributed by atoms with van der Waals surface area (Å²) >= 11 is 0. The van der Waals surface area contributed by atoms with Crippen LogP contribution in [0.2, 0.25) is 0 Å². The van der Waals surface area contributed by atoms with Gasteiger partial charge in [0.25, 0.3) is 0 Å². The summed E-state index contributed by atoms with van der Waals surface area (Å²) in [6.45, 7) is 1.78. The van der Waals surface area contributed by atoms with Crippen LogP contribution in [0.3, 0.4) is 0 Å². The summed E-state index contributed by atoms with van der Waals surface area (Å²) in [6.07, 6.45) is 0.946. The minimum absolute atomic E-state index is 0.116. The maximum absolute atomic E-state index is 11.5. The van der Waals surface area contributed by atoms with Gasteiger partial charge in [0.05, 0.1) is 13.1 Å². The van der Waals surface area contributed by atoms with E-state index in [0.29, 0.717) is 45.6 Å². The third-order valence-electron chi connectivity index (χ3n) is 4.14. The van der Waals surface area contributed by atoms with E-state index in [4.69, 9.17) is 10.2 Å². The van der Waals surface area contributed by atoms with E-state index in [-0.39, 0.29) is 25.9 Å². The van der Waals surface area contributed by atoms with Gasteiger partial charge in [-0.1, -0.05) is 0 Å². The molecular weight excluding hydrogens is 334 g/mol. The molecule has 0 radical (unpaired) electrons. The standard InChI is InChI=1S/C15H25N3O7/c19-9-1-2-12(15(24)25)18-7-5-16(10-13(20)21)3-4-17(6-8-18)11-14(22)23/h9,12H,1-8,10-11H2,(H,20,21)(H,22,23)(H,24,25). The molecule has 0 spiro atoms. The highest BCUT2D eigenvalue weighted by molar-refractivity contribution is 5.74. The molecule has 1 atom stereocenters. The number of carbonyl (C=O) groups excluding carboxylic acids is 1. The van der Waals surface area contributed by atoms with Gasteiger partial charge in [0.15, 0.2) is 0 Å². The molecule has 0 aliphatic carbocycles. The molecule has 1 aliphatic rings. The summed E-state index contributed by atoms with van der Waals surface area (Å²) in [5.74, 6) is -3.03. The van der Waals surface area contributed by atoms with Crippen molar-refractivity contribution in [1.82, 2.24) is 14.7 Å². The molecule has 0 bridgehead atoms. The van der Waals surface area contributed by atoms with Gasteiger partial charge in [0.1, 0.15) is 12.3 Å². The summed E-state index contributed by atoms with van der Waals surface area (Å²) in [5, 5.41) is 27.4. The number of carbonyl (C=O) groups is 4. The number of aliphatic carboxylic acids is 3. The lowest BCUT2D eigenvalue weighted by Gasteiger charge is -2.30. The van der Waals surface area contributed by atoms with Crippen molar-refractivity contribution < 1.29 is 34.5 Å². The molecule has 0 aromatic carbocycles. The predicted octanol–water partition coefficient (Wildman–Crippen LogP) is -1.49. The van der Waals surface area contributed by atoms with Crippen LogP contribution in [0.15, 0.2) is 0 Å². The van der Waals surface area contributed by atoms with Crippen LogP contribution in [-0.4, -0.2) is 113 Å². The molecule has 0 aromatic heterocycles. The summed E-state index contributed by atoms with van der Waals surface area (Å²) < 4.78 is 0. The van der Waals surface area contributed by atoms with Crippen LogP contribution in [0.1, 0.15) is 12.8 Å². The van der Waals surface area contributed by atoms with Gasteiger partial charge < -0.3 is 20.1 Å². The zero-order valence-electron chi connectivity index (χ0n) is 14.0. The molecule has 0 amide bonds. The lowest BCUT2D eigenvalue weighted by molar-refractivity contribution is -0.144. The SMILES string of the molecule is O=CCCC(C(=O)O)N1CCN(CC(=O)O)CCN(CC(=O)O)CC1. The third kappa shape index (κ3) is 8.05. The molecule has 1 rings (SSSR count). The first kappa shape index (κ1) is 21.0. The third-order valence-corrected chi connectivity index (χ3v) is 4.14. The van der Waals surface area contributed by atoms with E-state index >= 15 is 0 Å². The Kier molecular flexibility index (Phi) is 9.03. The highest BCUT2D eigenvalue weighted by atomic mass is 16.4. The van der Waals surface area contributed by atoms with Crippen LogP contribution in [-0.2, 0) is 19.2 Å². The van der Waals surface area contributed by atoms with Gasteiger partial charge in [-0.2, -0.15) is 0 Å². The van der Waals surface area contributed by atoms with Crippen molar-refractivity contribution in [2.24, 2.45) is 0 Å². The largest absolute Gasteiger partial charge is 0.480 e. The molecule has 10 heteroatoms. The summed E-state index contributed by atoms with van der Waals surface area (Å²) in [5.41, 5.74) is 0. The van der Waals surface area contributed by atoms with Gasteiger partial charge in [-0.3, -0.25) is 29.1 Å². The molecule has 1 saturated heterocycles. The van der Waals surface area contributed by atoms with E-state index in [1.807, 2.05) is 0 Å². The molecule has 1 heterocycles. The highest BCUT2D eigenvalue weighted by Gasteiger charge is 2.27. The smallest absolute Gasteiger partial charge is 0.320 e. The molecule has 1 aliphatic heterocycles. The number of carboxylic acid groups (broad SMARTS) is 3. The van der Waals surface area contributed by atoms with Gasteiger partial charge in [0, 0.05) is 45.7 Å². The van der Waals surface area contributed by atoms with Gasteiger partial charge in [-0.15, -0.1) is 0 Å². The second-order valence-corrected chi connectivity index (χ2v) is 5.97. The van der Waals surface area contributed by atoms with Gasteiger partial charge in [0.2, 0.25) is 0 Å². The maximum atomic E-state index is 11.5. The van der Waals surface area contributed by atoms with Gasteiger partial charge in [-0.25, -0.2) is 0 Å². The molecule has 1 unspecified atom stereocenters. The van der Waals surface area contributed by atoms with Crippen LogP contribution in [0.5, 0.6) is 0 Å². The monoisotopic (exact) mass is 359 g/mol.